The van der Waals surface area contributed by atoms with E-state index in [0.717, 1.165) is 12.8 Å². The van der Waals surface area contributed by atoms with Gasteiger partial charge in [0, 0.05) is 0 Å². The fourth-order valence-corrected chi connectivity index (χ4v) is 1.71. The van der Waals surface area contributed by atoms with Gasteiger partial charge in [-0.25, -0.2) is 0 Å². The SMILES string of the molecule is CCCCC(Cl)C(=O)/C(Br)=C(\Cl)Br. The number of halogens is 4. The van der Waals surface area contributed by atoms with Crippen LogP contribution in [0.4, 0.5) is 0 Å². The largest absolute Gasteiger partial charge is 0.292 e. The average Bonchev–Trinajstić information content (AvgIpc) is 2.11. The molecule has 0 amide bonds. The molecule has 13 heavy (non-hydrogen) atoms. The van der Waals surface area contributed by atoms with Crippen LogP contribution in [0.2, 0.25) is 0 Å². The van der Waals surface area contributed by atoms with E-state index in [2.05, 4.69) is 38.8 Å². The normalized spacial score (nSPS) is 15.2. The fraction of sp³-hybridized carbons (Fsp3) is 0.625. The second-order valence-corrected chi connectivity index (χ2v) is 5.50. The Balaban J connectivity index is 4.19. The van der Waals surface area contributed by atoms with Crippen LogP contribution < -0.4 is 0 Å². The van der Waals surface area contributed by atoms with Crippen molar-refractivity contribution in [2.24, 2.45) is 0 Å². The van der Waals surface area contributed by atoms with Crippen LogP contribution in [0.1, 0.15) is 26.2 Å². The molecule has 0 spiro atoms. The van der Waals surface area contributed by atoms with Crippen LogP contribution in [0.25, 0.3) is 0 Å². The van der Waals surface area contributed by atoms with Gasteiger partial charge >= 0.3 is 0 Å². The van der Waals surface area contributed by atoms with Gasteiger partial charge in [0.25, 0.3) is 0 Å². The van der Waals surface area contributed by atoms with Crippen molar-refractivity contribution in [1.82, 2.24) is 0 Å². The lowest BCUT2D eigenvalue weighted by atomic mass is 10.1. The Hall–Kier alpha value is 0.950. The predicted molar refractivity (Wildman–Crippen MR) is 64.9 cm³/mol. The molecule has 0 heterocycles. The molecule has 0 N–H and O–H groups in total. The van der Waals surface area contributed by atoms with Crippen LogP contribution in [0, 0.1) is 0 Å². The Kier molecular flexibility index (Phi) is 7.80. The number of unbranched alkanes of at least 4 members (excludes halogenated alkanes) is 1. The summed E-state index contributed by atoms with van der Waals surface area (Å²) in [5.74, 6) is -0.169. The summed E-state index contributed by atoms with van der Waals surface area (Å²) in [6.07, 6.45) is 2.66. The van der Waals surface area contributed by atoms with Gasteiger partial charge in [-0.05, 0) is 38.3 Å². The smallest absolute Gasteiger partial charge is 0.189 e. The van der Waals surface area contributed by atoms with Crippen molar-refractivity contribution in [1.29, 1.82) is 0 Å². The van der Waals surface area contributed by atoms with Gasteiger partial charge < -0.3 is 0 Å². The van der Waals surface area contributed by atoms with E-state index in [-0.39, 0.29) is 9.72 Å². The van der Waals surface area contributed by atoms with Gasteiger partial charge in [0.15, 0.2) is 5.78 Å². The van der Waals surface area contributed by atoms with Crippen molar-refractivity contribution in [2.45, 2.75) is 31.6 Å². The molecular weight excluding hydrogens is 343 g/mol. The number of alkyl halides is 1. The lowest BCUT2D eigenvalue weighted by Crippen LogP contribution is -2.14. The minimum atomic E-state index is -0.486. The summed E-state index contributed by atoms with van der Waals surface area (Å²) in [5, 5.41) is -0.486. The van der Waals surface area contributed by atoms with Crippen molar-refractivity contribution in [3.05, 3.63) is 8.42 Å². The molecule has 0 saturated heterocycles. The van der Waals surface area contributed by atoms with Gasteiger partial charge in [-0.15, -0.1) is 11.6 Å². The standard InChI is InChI=1S/C8H10Br2Cl2O/c1-2-3-4-5(11)7(13)6(9)8(10)12/h5H,2-4H2,1H3/b8-6+. The number of hydrogen-bond acceptors (Lipinski definition) is 1. The van der Waals surface area contributed by atoms with Crippen molar-refractivity contribution in [3.8, 4) is 0 Å². The maximum Gasteiger partial charge on any atom is 0.189 e. The third-order valence-corrected chi connectivity index (χ3v) is 4.03. The quantitative estimate of drug-likeness (QED) is 0.524. The van der Waals surface area contributed by atoms with Gasteiger partial charge in [-0.1, -0.05) is 31.4 Å². The van der Waals surface area contributed by atoms with Gasteiger partial charge in [0.2, 0.25) is 0 Å². The van der Waals surface area contributed by atoms with Crippen LogP contribution in [0.5, 0.6) is 0 Å². The topological polar surface area (TPSA) is 17.1 Å². The van der Waals surface area contributed by atoms with Gasteiger partial charge in [-0.2, -0.15) is 0 Å². The number of Topliss-reactive ketones (excluding diaryl/α,β-unsaturated/α-hetero) is 1. The van der Waals surface area contributed by atoms with E-state index in [9.17, 15) is 4.79 Å². The summed E-state index contributed by atoms with van der Waals surface area (Å²) in [7, 11) is 0. The van der Waals surface area contributed by atoms with Crippen molar-refractivity contribution >= 4 is 60.8 Å². The first-order valence-corrected chi connectivity index (χ1v) is 6.29. The number of carbonyl (C=O) groups excluding carboxylic acids is 1. The third kappa shape index (κ3) is 5.40. The number of ketones is 1. The molecule has 0 aliphatic heterocycles. The van der Waals surface area contributed by atoms with Crippen molar-refractivity contribution in [2.75, 3.05) is 0 Å². The molecule has 0 fully saturated rings. The van der Waals surface area contributed by atoms with E-state index < -0.39 is 5.38 Å². The minimum absolute atomic E-state index is 0.169. The maximum absolute atomic E-state index is 11.4. The van der Waals surface area contributed by atoms with E-state index in [1.54, 1.807) is 0 Å². The first-order valence-electron chi connectivity index (χ1n) is 3.89. The minimum Gasteiger partial charge on any atom is -0.292 e. The van der Waals surface area contributed by atoms with Crippen LogP contribution in [0.15, 0.2) is 8.42 Å². The lowest BCUT2D eigenvalue weighted by molar-refractivity contribution is -0.114. The maximum atomic E-state index is 11.4. The van der Waals surface area contributed by atoms with Crippen molar-refractivity contribution in [3.63, 3.8) is 0 Å². The van der Waals surface area contributed by atoms with E-state index >= 15 is 0 Å². The Labute approximate surface area is 105 Å². The molecule has 0 radical (unpaired) electrons. The van der Waals surface area contributed by atoms with Crippen LogP contribution >= 0.6 is 55.1 Å². The van der Waals surface area contributed by atoms with Gasteiger partial charge in [-0.3, -0.25) is 4.79 Å². The zero-order chi connectivity index (χ0) is 10.4. The zero-order valence-corrected chi connectivity index (χ0v) is 11.8. The van der Waals surface area contributed by atoms with Crippen LogP contribution in [-0.4, -0.2) is 11.2 Å². The molecule has 5 heteroatoms. The Morgan fingerprint density at radius 2 is 2.00 bits per heavy atom. The van der Waals surface area contributed by atoms with Gasteiger partial charge in [0.05, 0.1) is 9.86 Å². The van der Waals surface area contributed by atoms with E-state index in [1.807, 2.05) is 0 Å². The monoisotopic (exact) mass is 350 g/mol. The molecule has 1 nitrogen and oxygen atoms in total. The fourth-order valence-electron chi connectivity index (χ4n) is 0.745. The highest BCUT2D eigenvalue weighted by molar-refractivity contribution is 9.14. The highest BCUT2D eigenvalue weighted by Gasteiger charge is 2.19. The van der Waals surface area contributed by atoms with E-state index in [4.69, 9.17) is 23.2 Å². The Bertz CT molecular complexity index is 212. The summed E-state index contributed by atoms with van der Waals surface area (Å²) in [6, 6.07) is 0. The molecule has 0 rings (SSSR count). The molecule has 0 bridgehead atoms. The second-order valence-electron chi connectivity index (χ2n) is 2.55. The van der Waals surface area contributed by atoms with Crippen molar-refractivity contribution < 1.29 is 4.79 Å². The van der Waals surface area contributed by atoms with Crippen LogP contribution in [-0.2, 0) is 4.79 Å². The zero-order valence-electron chi connectivity index (χ0n) is 7.12. The first kappa shape index (κ1) is 13.9. The number of carbonyl (C=O) groups is 1. The highest BCUT2D eigenvalue weighted by Crippen LogP contribution is 2.26. The lowest BCUT2D eigenvalue weighted by Gasteiger charge is -2.06. The number of rotatable bonds is 5. The molecule has 1 atom stereocenters. The second kappa shape index (κ2) is 7.27. The molecule has 0 aliphatic carbocycles. The molecule has 0 aromatic heterocycles. The van der Waals surface area contributed by atoms with E-state index in [0.29, 0.717) is 10.9 Å². The molecule has 0 aromatic carbocycles. The highest BCUT2D eigenvalue weighted by atomic mass is 79.9. The molecule has 0 aliphatic rings. The summed E-state index contributed by atoms with van der Waals surface area (Å²) < 4.78 is 0.574. The number of allylic oxidation sites excluding steroid dienone is 1. The molecule has 0 aromatic rings. The molecular formula is C8H10Br2Cl2O. The third-order valence-electron chi connectivity index (χ3n) is 1.48. The summed E-state index contributed by atoms with van der Waals surface area (Å²) in [5.41, 5.74) is 0. The Morgan fingerprint density at radius 3 is 2.38 bits per heavy atom. The predicted octanol–water partition coefficient (Wildman–Crippen LogP) is 4.55. The summed E-state index contributed by atoms with van der Waals surface area (Å²) >= 11 is 17.5. The Morgan fingerprint density at radius 1 is 1.46 bits per heavy atom. The molecule has 76 valence electrons. The summed E-state index contributed by atoms with van der Waals surface area (Å²) in [6.45, 7) is 2.05. The first-order chi connectivity index (χ1) is 6.00. The van der Waals surface area contributed by atoms with E-state index in [1.165, 1.54) is 0 Å². The molecule has 1 unspecified atom stereocenters. The molecule has 0 saturated carbocycles. The van der Waals surface area contributed by atoms with Gasteiger partial charge in [0.1, 0.15) is 3.94 Å². The summed E-state index contributed by atoms with van der Waals surface area (Å²) in [4.78, 5) is 11.4. The number of hydrogen-bond donors (Lipinski definition) is 0. The van der Waals surface area contributed by atoms with Crippen LogP contribution in [0.3, 0.4) is 0 Å². The average molecular weight is 353 g/mol.